The van der Waals surface area contributed by atoms with Crippen LogP contribution in [0.5, 0.6) is 11.5 Å². The van der Waals surface area contributed by atoms with Gasteiger partial charge in [-0.3, -0.25) is 9.69 Å². The molecule has 0 bridgehead atoms. The van der Waals surface area contributed by atoms with E-state index in [1.807, 2.05) is 17.0 Å². The summed E-state index contributed by atoms with van der Waals surface area (Å²) >= 11 is 1.00. The number of carbonyl (C=O) groups excluding carboxylic acids is 3. The third-order valence-electron chi connectivity index (χ3n) is 4.65. The molecule has 0 aliphatic carbocycles. The molecule has 0 saturated carbocycles. The Bertz CT molecular complexity index is 1000. The molecule has 1 heterocycles. The maximum atomic E-state index is 12.7. The average Bonchev–Trinajstić information content (AvgIpc) is 3.09. The van der Waals surface area contributed by atoms with Crippen LogP contribution in [0.2, 0.25) is 0 Å². The molecule has 2 rings (SSSR count). The maximum Gasteiger partial charge on any atom is 0.348 e. The summed E-state index contributed by atoms with van der Waals surface area (Å²) < 4.78 is 20.8. The van der Waals surface area contributed by atoms with E-state index in [0.717, 1.165) is 16.9 Å². The Hall–Kier alpha value is -3.11. The van der Waals surface area contributed by atoms with Gasteiger partial charge in [-0.1, -0.05) is 6.07 Å². The molecule has 0 radical (unpaired) electrons. The first-order valence-corrected chi connectivity index (χ1v) is 11.2. The molecular formula is C23H30N2O7S. The minimum atomic E-state index is -0.601. The van der Waals surface area contributed by atoms with Gasteiger partial charge >= 0.3 is 11.9 Å². The van der Waals surface area contributed by atoms with Crippen molar-refractivity contribution >= 4 is 34.2 Å². The van der Waals surface area contributed by atoms with Crippen molar-refractivity contribution in [3.63, 3.8) is 0 Å². The zero-order valence-electron chi connectivity index (χ0n) is 19.8. The summed E-state index contributed by atoms with van der Waals surface area (Å²) in [6, 6.07) is 5.54. The molecule has 0 unspecified atom stereocenters. The zero-order chi connectivity index (χ0) is 24.5. The van der Waals surface area contributed by atoms with Crippen molar-refractivity contribution in [3.05, 3.63) is 39.8 Å². The van der Waals surface area contributed by atoms with E-state index in [2.05, 4.69) is 5.32 Å². The summed E-state index contributed by atoms with van der Waals surface area (Å²) in [4.78, 5) is 39.6. The van der Waals surface area contributed by atoms with E-state index < -0.39 is 11.9 Å². The fraction of sp³-hybridized carbons (Fsp3) is 0.435. The van der Waals surface area contributed by atoms with Gasteiger partial charge in [0.1, 0.15) is 9.88 Å². The van der Waals surface area contributed by atoms with Crippen molar-refractivity contribution in [2.24, 2.45) is 0 Å². The second kappa shape index (κ2) is 12.2. The number of nitrogens with zero attached hydrogens (tertiary/aromatic N) is 1. The fourth-order valence-electron chi connectivity index (χ4n) is 3.20. The van der Waals surface area contributed by atoms with Gasteiger partial charge in [0.25, 0.3) is 0 Å². The predicted octanol–water partition coefficient (Wildman–Crippen LogP) is 3.50. The molecule has 0 saturated heterocycles. The lowest BCUT2D eigenvalue weighted by Crippen LogP contribution is -2.30. The van der Waals surface area contributed by atoms with Gasteiger partial charge in [-0.25, -0.2) is 9.59 Å². The van der Waals surface area contributed by atoms with Crippen LogP contribution in [0.4, 0.5) is 5.00 Å². The summed E-state index contributed by atoms with van der Waals surface area (Å²) in [5.41, 5.74) is 1.53. The molecule has 0 aliphatic rings. The van der Waals surface area contributed by atoms with Gasteiger partial charge in [0.15, 0.2) is 11.5 Å². The highest BCUT2D eigenvalue weighted by molar-refractivity contribution is 7.18. The van der Waals surface area contributed by atoms with Crippen LogP contribution in [0.3, 0.4) is 0 Å². The first-order chi connectivity index (χ1) is 15.7. The lowest BCUT2D eigenvalue weighted by molar-refractivity contribution is -0.117. The van der Waals surface area contributed by atoms with E-state index in [4.69, 9.17) is 18.9 Å². The molecule has 1 N–H and O–H groups in total. The number of thiophene rings is 1. The second-order valence-electron chi connectivity index (χ2n) is 7.11. The number of esters is 2. The third kappa shape index (κ3) is 6.69. The Morgan fingerprint density at radius 2 is 1.64 bits per heavy atom. The van der Waals surface area contributed by atoms with Crippen LogP contribution in [0.1, 0.15) is 45.0 Å². The number of amides is 1. The summed E-state index contributed by atoms with van der Waals surface area (Å²) in [5, 5.41) is 3.01. The minimum absolute atomic E-state index is 0.0578. The lowest BCUT2D eigenvalue weighted by Gasteiger charge is -2.17. The van der Waals surface area contributed by atoms with E-state index in [9.17, 15) is 14.4 Å². The van der Waals surface area contributed by atoms with Gasteiger partial charge in [-0.2, -0.15) is 0 Å². The minimum Gasteiger partial charge on any atom is -0.493 e. The standard InChI is InChI=1S/C23H30N2O7S/c1-7-31-22(27)19-14(3)20(23(28)32-8-2)33-21(19)24-18(26)13-25(4)12-15-9-10-16(29-5)17(11-15)30-6/h9-11H,7-8,12-13H2,1-6H3,(H,24,26). The summed E-state index contributed by atoms with van der Waals surface area (Å²) in [6.07, 6.45) is 0. The number of carbonyl (C=O) groups is 3. The van der Waals surface area contributed by atoms with Gasteiger partial charge in [0.2, 0.25) is 5.91 Å². The summed E-state index contributed by atoms with van der Waals surface area (Å²) in [6.45, 7) is 5.93. The molecule has 0 aliphatic heterocycles. The average molecular weight is 479 g/mol. The molecule has 2 aromatic rings. The van der Waals surface area contributed by atoms with Crippen LogP contribution in [-0.2, 0) is 20.8 Å². The normalized spacial score (nSPS) is 10.6. The highest BCUT2D eigenvalue weighted by atomic mass is 32.1. The number of hydrogen-bond donors (Lipinski definition) is 1. The molecular weight excluding hydrogens is 448 g/mol. The van der Waals surface area contributed by atoms with Crippen molar-refractivity contribution in [2.45, 2.75) is 27.3 Å². The topological polar surface area (TPSA) is 103 Å². The predicted molar refractivity (Wildman–Crippen MR) is 125 cm³/mol. The lowest BCUT2D eigenvalue weighted by atomic mass is 10.1. The van der Waals surface area contributed by atoms with Crippen LogP contribution in [-0.4, -0.2) is 63.8 Å². The molecule has 10 heteroatoms. The molecule has 0 fully saturated rings. The number of benzene rings is 1. The molecule has 1 aromatic carbocycles. The fourth-order valence-corrected chi connectivity index (χ4v) is 4.30. The van der Waals surface area contributed by atoms with Gasteiger partial charge < -0.3 is 24.3 Å². The molecule has 180 valence electrons. The van der Waals surface area contributed by atoms with Gasteiger partial charge in [0, 0.05) is 6.54 Å². The Balaban J connectivity index is 2.15. The number of hydrogen-bond acceptors (Lipinski definition) is 9. The van der Waals surface area contributed by atoms with Crippen LogP contribution < -0.4 is 14.8 Å². The SMILES string of the molecule is CCOC(=O)c1sc(NC(=O)CN(C)Cc2ccc(OC)c(OC)c2)c(C(=O)OCC)c1C. The quantitative estimate of drug-likeness (QED) is 0.490. The van der Waals surface area contributed by atoms with Crippen molar-refractivity contribution in [1.82, 2.24) is 4.90 Å². The molecule has 1 aromatic heterocycles. The van der Waals surface area contributed by atoms with Gasteiger partial charge in [-0.15, -0.1) is 11.3 Å². The van der Waals surface area contributed by atoms with Gasteiger partial charge in [0.05, 0.1) is 39.5 Å². The van der Waals surface area contributed by atoms with Crippen LogP contribution >= 0.6 is 11.3 Å². The van der Waals surface area contributed by atoms with E-state index in [1.165, 1.54) is 0 Å². The number of nitrogens with one attached hydrogen (secondary N) is 1. The van der Waals surface area contributed by atoms with Gasteiger partial charge in [-0.05, 0) is 51.1 Å². The van der Waals surface area contributed by atoms with E-state index >= 15 is 0 Å². The molecule has 33 heavy (non-hydrogen) atoms. The number of methoxy groups -OCH3 is 2. The van der Waals surface area contributed by atoms with E-state index in [-0.39, 0.29) is 41.1 Å². The number of likely N-dealkylation sites (N-methyl/N-ethyl adjacent to an activating group) is 1. The molecule has 0 atom stereocenters. The Morgan fingerprint density at radius 3 is 2.24 bits per heavy atom. The summed E-state index contributed by atoms with van der Waals surface area (Å²) in [7, 11) is 4.93. The van der Waals surface area contributed by atoms with Crippen LogP contribution in [0.25, 0.3) is 0 Å². The molecule has 0 spiro atoms. The zero-order valence-corrected chi connectivity index (χ0v) is 20.6. The number of rotatable bonds is 11. The molecule has 9 nitrogen and oxygen atoms in total. The monoisotopic (exact) mass is 478 g/mol. The second-order valence-corrected chi connectivity index (χ2v) is 8.13. The van der Waals surface area contributed by atoms with Crippen LogP contribution in [0.15, 0.2) is 18.2 Å². The Kier molecular flexibility index (Phi) is 9.68. The first-order valence-electron chi connectivity index (χ1n) is 10.4. The van der Waals surface area contributed by atoms with E-state index in [0.29, 0.717) is 23.6 Å². The smallest absolute Gasteiger partial charge is 0.348 e. The number of ether oxygens (including phenoxy) is 4. The highest BCUT2D eigenvalue weighted by Crippen LogP contribution is 2.34. The van der Waals surface area contributed by atoms with Crippen LogP contribution in [0, 0.1) is 6.92 Å². The van der Waals surface area contributed by atoms with Crippen molar-refractivity contribution in [3.8, 4) is 11.5 Å². The largest absolute Gasteiger partial charge is 0.493 e. The van der Waals surface area contributed by atoms with Crippen molar-refractivity contribution < 1.29 is 33.3 Å². The maximum absolute atomic E-state index is 12.7. The third-order valence-corrected chi connectivity index (χ3v) is 5.84. The van der Waals surface area contributed by atoms with Crippen molar-refractivity contribution in [2.75, 3.05) is 46.3 Å². The molecule has 1 amide bonds. The summed E-state index contributed by atoms with van der Waals surface area (Å²) in [5.74, 6) is -0.251. The van der Waals surface area contributed by atoms with E-state index in [1.54, 1.807) is 48.1 Å². The Morgan fingerprint density at radius 1 is 1.00 bits per heavy atom. The first kappa shape index (κ1) is 26.1. The van der Waals surface area contributed by atoms with Crippen molar-refractivity contribution in [1.29, 1.82) is 0 Å². The Labute approximate surface area is 197 Å². The highest BCUT2D eigenvalue weighted by Gasteiger charge is 2.27. The number of anilines is 1.